The molecule has 0 atom stereocenters. The van der Waals surface area contributed by atoms with Crippen LogP contribution in [0, 0.1) is 0 Å². The molecule has 3 heterocycles. The predicted molar refractivity (Wildman–Crippen MR) is 76.7 cm³/mol. The minimum Gasteiger partial charge on any atom is -0.481 e. The van der Waals surface area contributed by atoms with E-state index in [4.69, 9.17) is 9.47 Å². The van der Waals surface area contributed by atoms with Crippen molar-refractivity contribution >= 4 is 21.9 Å². The van der Waals surface area contributed by atoms with Gasteiger partial charge in [0.1, 0.15) is 17.0 Å². The van der Waals surface area contributed by atoms with Crippen molar-refractivity contribution < 1.29 is 14.3 Å². The fourth-order valence-corrected chi connectivity index (χ4v) is 3.42. The number of fused-ring (bicyclic) bond motifs is 3. The van der Waals surface area contributed by atoms with Crippen LogP contribution in [0.5, 0.6) is 5.75 Å². The van der Waals surface area contributed by atoms with Gasteiger partial charge in [-0.1, -0.05) is 0 Å². The molecule has 2 aromatic rings. The number of hydrogen-bond donors (Lipinski definition) is 1. The van der Waals surface area contributed by atoms with Crippen molar-refractivity contribution in [1.29, 1.82) is 0 Å². The number of aromatic nitrogens is 2. The van der Waals surface area contributed by atoms with E-state index >= 15 is 0 Å². The number of halogens is 1. The molecule has 20 heavy (non-hydrogen) atoms. The molecule has 0 amide bonds. The number of hydrogen-bond acceptors (Lipinski definition) is 4. The third kappa shape index (κ3) is 1.75. The van der Waals surface area contributed by atoms with Crippen LogP contribution >= 0.6 is 15.9 Å². The number of rotatable bonds is 1. The van der Waals surface area contributed by atoms with Gasteiger partial charge in [0, 0.05) is 17.3 Å². The van der Waals surface area contributed by atoms with Crippen molar-refractivity contribution in [2.75, 3.05) is 7.11 Å². The van der Waals surface area contributed by atoms with E-state index in [0.29, 0.717) is 15.9 Å². The summed E-state index contributed by atoms with van der Waals surface area (Å²) in [6.07, 6.45) is 3.36. The normalized spacial score (nSPS) is 15.0. The van der Waals surface area contributed by atoms with Crippen LogP contribution in [0.15, 0.2) is 22.9 Å². The summed E-state index contributed by atoms with van der Waals surface area (Å²) in [4.78, 5) is 19.0. The summed E-state index contributed by atoms with van der Waals surface area (Å²) in [6, 6.07) is 1.85. The molecule has 6 heteroatoms. The number of esters is 1. The van der Waals surface area contributed by atoms with Crippen LogP contribution in [0.4, 0.5) is 0 Å². The number of pyridine rings is 1. The Bertz CT molecular complexity index is 706. The Morgan fingerprint density at radius 2 is 2.25 bits per heavy atom. The molecule has 0 aromatic carbocycles. The van der Waals surface area contributed by atoms with Gasteiger partial charge in [-0.15, -0.1) is 0 Å². The molecule has 0 radical (unpaired) electrons. The zero-order valence-electron chi connectivity index (χ0n) is 11.3. The summed E-state index contributed by atoms with van der Waals surface area (Å²) < 4.78 is 11.5. The molecule has 5 nitrogen and oxygen atoms in total. The fourth-order valence-electron chi connectivity index (χ4n) is 2.48. The summed E-state index contributed by atoms with van der Waals surface area (Å²) in [5, 5.41) is 0. The van der Waals surface area contributed by atoms with E-state index in [9.17, 15) is 4.79 Å². The van der Waals surface area contributed by atoms with Gasteiger partial charge >= 0.3 is 5.97 Å². The van der Waals surface area contributed by atoms with Crippen LogP contribution in [0.25, 0.3) is 11.3 Å². The van der Waals surface area contributed by atoms with E-state index in [2.05, 4.69) is 25.9 Å². The number of carbonyl (C=O) groups is 1. The number of H-pyrrole nitrogens is 1. The Labute approximate surface area is 124 Å². The van der Waals surface area contributed by atoms with Gasteiger partial charge in [-0.05, 0) is 35.8 Å². The fraction of sp³-hybridized carbons (Fsp3) is 0.286. The molecule has 1 N–H and O–H groups in total. The minimum atomic E-state index is -0.576. The second-order valence-electron chi connectivity index (χ2n) is 5.04. The molecule has 0 bridgehead atoms. The average Bonchev–Trinajstić information content (AvgIpc) is 2.76. The first kappa shape index (κ1) is 13.2. The predicted octanol–water partition coefficient (Wildman–Crippen LogP) is 3.25. The third-order valence-corrected chi connectivity index (χ3v) is 4.14. The van der Waals surface area contributed by atoms with E-state index < -0.39 is 11.6 Å². The second-order valence-corrected chi connectivity index (χ2v) is 5.83. The third-order valence-electron chi connectivity index (χ3n) is 3.35. The smallest absolute Gasteiger partial charge is 0.355 e. The van der Waals surface area contributed by atoms with Gasteiger partial charge in [0.2, 0.25) is 0 Å². The minimum absolute atomic E-state index is 0.388. The first-order chi connectivity index (χ1) is 9.45. The van der Waals surface area contributed by atoms with Crippen molar-refractivity contribution in [3.63, 3.8) is 0 Å². The Morgan fingerprint density at radius 1 is 1.50 bits per heavy atom. The van der Waals surface area contributed by atoms with E-state index in [1.807, 2.05) is 19.9 Å². The number of ether oxygens (including phenoxy) is 2. The van der Waals surface area contributed by atoms with Crippen LogP contribution in [-0.4, -0.2) is 23.0 Å². The van der Waals surface area contributed by atoms with Crippen LogP contribution < -0.4 is 4.74 Å². The molecule has 104 valence electrons. The molecule has 0 aliphatic carbocycles. The van der Waals surface area contributed by atoms with Gasteiger partial charge in [-0.25, -0.2) is 4.79 Å². The standard InChI is InChI=1S/C14H13BrN2O3/c1-14(2)9-10(15)12(13(18)19-3)17-11(9)7-4-5-16-6-8(7)20-14/h4-6,17H,1-3H3. The Hall–Kier alpha value is -1.82. The second kappa shape index (κ2) is 4.34. The zero-order valence-corrected chi connectivity index (χ0v) is 12.9. The number of nitrogens with one attached hydrogen (secondary N) is 1. The maximum Gasteiger partial charge on any atom is 0.355 e. The van der Waals surface area contributed by atoms with Crippen LogP contribution in [-0.2, 0) is 10.3 Å². The quantitative estimate of drug-likeness (QED) is 0.812. The lowest BCUT2D eigenvalue weighted by Crippen LogP contribution is -2.29. The van der Waals surface area contributed by atoms with E-state index in [0.717, 1.165) is 16.8 Å². The summed E-state index contributed by atoms with van der Waals surface area (Å²) in [6.45, 7) is 3.89. The van der Waals surface area contributed by atoms with Crippen LogP contribution in [0.1, 0.15) is 29.9 Å². The average molecular weight is 337 g/mol. The topological polar surface area (TPSA) is 64.2 Å². The molecule has 0 saturated carbocycles. The van der Waals surface area contributed by atoms with Gasteiger partial charge < -0.3 is 14.5 Å². The summed E-state index contributed by atoms with van der Waals surface area (Å²) in [7, 11) is 1.36. The highest BCUT2D eigenvalue weighted by Crippen LogP contribution is 2.48. The molecule has 0 fully saturated rings. The molecule has 2 aromatic heterocycles. The van der Waals surface area contributed by atoms with Gasteiger partial charge in [-0.3, -0.25) is 4.98 Å². The Balaban J connectivity index is 2.31. The number of nitrogens with zero attached hydrogens (tertiary/aromatic N) is 1. The van der Waals surface area contributed by atoms with Crippen molar-refractivity contribution in [3.8, 4) is 17.0 Å². The molecule has 0 unspecified atom stereocenters. The molecule has 3 rings (SSSR count). The molecule has 1 aliphatic rings. The number of carbonyl (C=O) groups excluding carboxylic acids is 1. The monoisotopic (exact) mass is 336 g/mol. The molecule has 0 spiro atoms. The molecular weight excluding hydrogens is 324 g/mol. The summed E-state index contributed by atoms with van der Waals surface area (Å²) >= 11 is 3.48. The van der Waals surface area contributed by atoms with Crippen LogP contribution in [0.3, 0.4) is 0 Å². The van der Waals surface area contributed by atoms with Gasteiger partial charge in [0.05, 0.1) is 23.5 Å². The van der Waals surface area contributed by atoms with E-state index in [-0.39, 0.29) is 0 Å². The molecular formula is C14H13BrN2O3. The van der Waals surface area contributed by atoms with Crippen molar-refractivity contribution in [1.82, 2.24) is 9.97 Å². The molecule has 1 aliphatic heterocycles. The van der Waals surface area contributed by atoms with Crippen molar-refractivity contribution in [2.45, 2.75) is 19.4 Å². The Morgan fingerprint density at radius 3 is 2.95 bits per heavy atom. The van der Waals surface area contributed by atoms with Gasteiger partial charge in [0.15, 0.2) is 0 Å². The van der Waals surface area contributed by atoms with E-state index in [1.54, 1.807) is 12.4 Å². The van der Waals surface area contributed by atoms with Gasteiger partial charge in [0.25, 0.3) is 0 Å². The highest BCUT2D eigenvalue weighted by molar-refractivity contribution is 9.10. The lowest BCUT2D eigenvalue weighted by molar-refractivity contribution is 0.0593. The maximum absolute atomic E-state index is 11.8. The van der Waals surface area contributed by atoms with Crippen LogP contribution in [0.2, 0.25) is 0 Å². The first-order valence-electron chi connectivity index (χ1n) is 6.09. The number of methoxy groups -OCH3 is 1. The summed E-state index contributed by atoms with van der Waals surface area (Å²) in [5.74, 6) is 0.271. The lowest BCUT2D eigenvalue weighted by Gasteiger charge is -2.32. The first-order valence-corrected chi connectivity index (χ1v) is 6.88. The summed E-state index contributed by atoms with van der Waals surface area (Å²) in [5.41, 5.74) is 2.44. The zero-order chi connectivity index (χ0) is 14.5. The lowest BCUT2D eigenvalue weighted by atomic mass is 9.92. The maximum atomic E-state index is 11.8. The number of aromatic amines is 1. The Kier molecular flexibility index (Phi) is 2.86. The highest BCUT2D eigenvalue weighted by Gasteiger charge is 2.38. The van der Waals surface area contributed by atoms with Gasteiger partial charge in [-0.2, -0.15) is 0 Å². The SMILES string of the molecule is COC(=O)c1[nH]c2c(c1Br)C(C)(C)Oc1cnccc1-2. The van der Waals surface area contributed by atoms with Crippen molar-refractivity contribution in [2.24, 2.45) is 0 Å². The van der Waals surface area contributed by atoms with E-state index in [1.165, 1.54) is 7.11 Å². The highest BCUT2D eigenvalue weighted by atomic mass is 79.9. The molecule has 0 saturated heterocycles. The largest absolute Gasteiger partial charge is 0.481 e. The van der Waals surface area contributed by atoms with Crippen molar-refractivity contribution in [3.05, 3.63) is 34.2 Å².